The molecule has 0 aliphatic carbocycles. The van der Waals surface area contributed by atoms with Crippen molar-refractivity contribution in [3.05, 3.63) is 65.0 Å². The Morgan fingerprint density at radius 3 is 2.46 bits per heavy atom. The van der Waals surface area contributed by atoms with Crippen LogP contribution in [0.3, 0.4) is 0 Å². The predicted molar refractivity (Wildman–Crippen MR) is 111 cm³/mol. The van der Waals surface area contributed by atoms with Crippen LogP contribution in [0.25, 0.3) is 0 Å². The van der Waals surface area contributed by atoms with Crippen LogP contribution in [0.5, 0.6) is 5.75 Å². The van der Waals surface area contributed by atoms with Crippen molar-refractivity contribution in [2.75, 3.05) is 13.7 Å². The summed E-state index contributed by atoms with van der Waals surface area (Å²) in [6.07, 6.45) is 0. The van der Waals surface area contributed by atoms with Gasteiger partial charge >= 0.3 is 0 Å². The molecule has 0 aromatic heterocycles. The van der Waals surface area contributed by atoms with Crippen LogP contribution in [-0.2, 0) is 13.2 Å². The molecule has 5 nitrogen and oxygen atoms in total. The van der Waals surface area contributed by atoms with Gasteiger partial charge in [-0.15, -0.1) is 0 Å². The number of nitrogens with zero attached hydrogens (tertiary/aromatic N) is 1. The van der Waals surface area contributed by atoms with Crippen LogP contribution in [0.2, 0.25) is 0 Å². The number of rotatable bonds is 8. The van der Waals surface area contributed by atoms with Crippen molar-refractivity contribution in [2.45, 2.75) is 40.0 Å². The van der Waals surface area contributed by atoms with Crippen molar-refractivity contribution < 1.29 is 14.2 Å². The van der Waals surface area contributed by atoms with Gasteiger partial charge < -0.3 is 20.5 Å². The van der Waals surface area contributed by atoms with E-state index in [9.17, 15) is 9.50 Å². The fourth-order valence-electron chi connectivity index (χ4n) is 2.64. The first-order valence-corrected chi connectivity index (χ1v) is 9.51. The molecule has 2 aromatic rings. The van der Waals surface area contributed by atoms with Gasteiger partial charge in [-0.05, 0) is 48.2 Å². The van der Waals surface area contributed by atoms with Gasteiger partial charge in [0, 0.05) is 19.2 Å². The van der Waals surface area contributed by atoms with Crippen molar-refractivity contribution in [3.8, 4) is 5.75 Å². The van der Waals surface area contributed by atoms with Crippen LogP contribution >= 0.6 is 0 Å². The van der Waals surface area contributed by atoms with E-state index in [4.69, 9.17) is 4.74 Å². The number of guanidine groups is 1. The van der Waals surface area contributed by atoms with Crippen molar-refractivity contribution in [1.82, 2.24) is 10.6 Å². The van der Waals surface area contributed by atoms with Crippen LogP contribution in [-0.4, -0.2) is 24.7 Å². The summed E-state index contributed by atoms with van der Waals surface area (Å²) < 4.78 is 19.2. The van der Waals surface area contributed by atoms with Gasteiger partial charge in [-0.25, -0.2) is 4.39 Å². The Bertz CT molecular complexity index is 776. The van der Waals surface area contributed by atoms with E-state index in [0.717, 1.165) is 16.9 Å². The number of benzene rings is 2. The van der Waals surface area contributed by atoms with Gasteiger partial charge in [0.1, 0.15) is 11.6 Å². The number of nitrogens with one attached hydrogen (secondary N) is 2. The monoisotopic (exact) mass is 387 g/mol. The second kappa shape index (κ2) is 10.7. The van der Waals surface area contributed by atoms with E-state index in [1.54, 1.807) is 19.2 Å². The third-order valence-corrected chi connectivity index (χ3v) is 4.28. The van der Waals surface area contributed by atoms with E-state index in [1.165, 1.54) is 6.07 Å². The van der Waals surface area contributed by atoms with E-state index >= 15 is 0 Å². The molecule has 3 N–H and O–H groups in total. The number of halogens is 1. The highest BCUT2D eigenvalue weighted by molar-refractivity contribution is 5.80. The highest BCUT2D eigenvalue weighted by Gasteiger charge is 2.09. The van der Waals surface area contributed by atoms with Gasteiger partial charge in [0.05, 0.1) is 19.3 Å². The molecule has 0 spiro atoms. The fraction of sp³-hybridized carbons (Fsp3) is 0.409. The van der Waals surface area contributed by atoms with Gasteiger partial charge in [0.25, 0.3) is 0 Å². The molecular formula is C22H30FN3O2. The number of hydrogen-bond donors (Lipinski definition) is 3. The van der Waals surface area contributed by atoms with E-state index in [-0.39, 0.29) is 18.2 Å². The molecule has 0 amide bonds. The van der Waals surface area contributed by atoms with Gasteiger partial charge in [-0.2, -0.15) is 0 Å². The quantitative estimate of drug-likeness (QED) is 0.476. The maximum atomic E-state index is 13.5. The SMILES string of the molecule is CN=C(NCc1ccc(F)c(CO)c1)NC(C)c1ccc(OCC(C)C)cc1. The van der Waals surface area contributed by atoms with Crippen molar-refractivity contribution in [1.29, 1.82) is 0 Å². The number of aliphatic hydroxyl groups is 1. The summed E-state index contributed by atoms with van der Waals surface area (Å²) in [7, 11) is 1.70. The average Bonchev–Trinajstić information content (AvgIpc) is 2.70. The smallest absolute Gasteiger partial charge is 0.191 e. The molecule has 0 heterocycles. The zero-order valence-corrected chi connectivity index (χ0v) is 17.0. The molecule has 2 aromatic carbocycles. The summed E-state index contributed by atoms with van der Waals surface area (Å²) in [5.74, 6) is 1.60. The summed E-state index contributed by atoms with van der Waals surface area (Å²) in [5.41, 5.74) is 2.27. The summed E-state index contributed by atoms with van der Waals surface area (Å²) in [4.78, 5) is 4.24. The molecule has 2 rings (SSSR count). The number of aliphatic hydroxyl groups excluding tert-OH is 1. The predicted octanol–water partition coefficient (Wildman–Crippen LogP) is 3.78. The summed E-state index contributed by atoms with van der Waals surface area (Å²) >= 11 is 0. The highest BCUT2D eigenvalue weighted by Crippen LogP contribution is 2.18. The van der Waals surface area contributed by atoms with Gasteiger partial charge in [0.2, 0.25) is 0 Å². The third-order valence-electron chi connectivity index (χ3n) is 4.28. The Labute approximate surface area is 166 Å². The summed E-state index contributed by atoms with van der Waals surface area (Å²) in [6.45, 7) is 7.15. The van der Waals surface area contributed by atoms with Crippen molar-refractivity contribution >= 4 is 5.96 Å². The molecule has 0 saturated heterocycles. The Morgan fingerprint density at radius 2 is 1.86 bits per heavy atom. The van der Waals surface area contributed by atoms with Gasteiger partial charge in [0.15, 0.2) is 5.96 Å². The van der Waals surface area contributed by atoms with Crippen molar-refractivity contribution in [2.24, 2.45) is 10.9 Å². The minimum absolute atomic E-state index is 0.0477. The van der Waals surface area contributed by atoms with E-state index in [2.05, 4.69) is 36.4 Å². The molecule has 0 bridgehead atoms. The second-order valence-electron chi connectivity index (χ2n) is 7.15. The standard InChI is InChI=1S/C22H30FN3O2/c1-15(2)14-28-20-8-6-18(7-9-20)16(3)26-22(24-4)25-12-17-5-10-21(23)19(11-17)13-27/h5-11,15-16,27H,12-14H2,1-4H3,(H2,24,25,26). The van der Waals surface area contributed by atoms with Crippen molar-refractivity contribution in [3.63, 3.8) is 0 Å². The number of hydrogen-bond acceptors (Lipinski definition) is 3. The maximum absolute atomic E-state index is 13.5. The molecule has 28 heavy (non-hydrogen) atoms. The first-order chi connectivity index (χ1) is 13.4. The lowest BCUT2D eigenvalue weighted by atomic mass is 10.1. The lowest BCUT2D eigenvalue weighted by molar-refractivity contribution is 0.271. The molecule has 152 valence electrons. The van der Waals surface area contributed by atoms with Gasteiger partial charge in [-0.3, -0.25) is 4.99 Å². The van der Waals surface area contributed by atoms with Crippen LogP contribution in [0, 0.1) is 11.7 Å². The van der Waals surface area contributed by atoms with E-state index < -0.39 is 5.82 Å². The van der Waals surface area contributed by atoms with Gasteiger partial charge in [-0.1, -0.05) is 32.0 Å². The summed E-state index contributed by atoms with van der Waals surface area (Å²) in [6, 6.07) is 12.8. The maximum Gasteiger partial charge on any atom is 0.191 e. The lowest BCUT2D eigenvalue weighted by Gasteiger charge is -2.19. The minimum atomic E-state index is -0.400. The van der Waals surface area contributed by atoms with Crippen LogP contribution in [0.15, 0.2) is 47.5 Å². The normalized spacial score (nSPS) is 12.8. The molecule has 0 saturated carbocycles. The molecule has 0 fully saturated rings. The van der Waals surface area contributed by atoms with Crippen LogP contribution in [0.1, 0.15) is 43.5 Å². The topological polar surface area (TPSA) is 65.9 Å². The first-order valence-electron chi connectivity index (χ1n) is 9.51. The average molecular weight is 387 g/mol. The first kappa shape index (κ1) is 21.7. The van der Waals surface area contributed by atoms with E-state index in [0.29, 0.717) is 25.0 Å². The Kier molecular flexibility index (Phi) is 8.26. The summed E-state index contributed by atoms with van der Waals surface area (Å²) in [5, 5.41) is 15.7. The molecule has 6 heteroatoms. The molecule has 1 atom stereocenters. The lowest BCUT2D eigenvalue weighted by Crippen LogP contribution is -2.38. The fourth-order valence-corrected chi connectivity index (χ4v) is 2.64. The second-order valence-corrected chi connectivity index (χ2v) is 7.15. The van der Waals surface area contributed by atoms with Crippen LogP contribution < -0.4 is 15.4 Å². The zero-order chi connectivity index (χ0) is 20.5. The number of ether oxygens (including phenoxy) is 1. The Morgan fingerprint density at radius 1 is 1.14 bits per heavy atom. The molecule has 1 unspecified atom stereocenters. The highest BCUT2D eigenvalue weighted by atomic mass is 19.1. The van der Waals surface area contributed by atoms with Crippen LogP contribution in [0.4, 0.5) is 4.39 Å². The molecule has 0 aliphatic rings. The Hall–Kier alpha value is -2.60. The molecular weight excluding hydrogens is 357 g/mol. The Balaban J connectivity index is 1.91. The largest absolute Gasteiger partial charge is 0.493 e. The zero-order valence-electron chi connectivity index (χ0n) is 17.0. The molecule has 0 aliphatic heterocycles. The van der Waals surface area contributed by atoms with E-state index in [1.807, 2.05) is 24.3 Å². The minimum Gasteiger partial charge on any atom is -0.493 e. The number of aliphatic imine (C=N–C) groups is 1. The molecule has 0 radical (unpaired) electrons. The third kappa shape index (κ3) is 6.53.